The van der Waals surface area contributed by atoms with Crippen molar-refractivity contribution in [3.05, 3.63) is 0 Å². The molecule has 0 unspecified atom stereocenters. The van der Waals surface area contributed by atoms with E-state index in [0.717, 1.165) is 0 Å². The van der Waals surface area contributed by atoms with Crippen LogP contribution < -0.4 is 5.73 Å². The molecule has 0 aliphatic rings. The van der Waals surface area contributed by atoms with E-state index in [2.05, 4.69) is 4.74 Å². The lowest BCUT2D eigenvalue weighted by Gasteiger charge is -2.04. The lowest BCUT2D eigenvalue weighted by molar-refractivity contribution is -0.145. The molecule has 0 spiro atoms. The van der Waals surface area contributed by atoms with Crippen LogP contribution in [0.3, 0.4) is 0 Å². The van der Waals surface area contributed by atoms with Gasteiger partial charge in [-0.1, -0.05) is 0 Å². The number of carbonyl (C=O) groups is 1. The van der Waals surface area contributed by atoms with Crippen molar-refractivity contribution in [2.45, 2.75) is 26.1 Å². The van der Waals surface area contributed by atoms with Crippen molar-refractivity contribution in [3.63, 3.8) is 0 Å². The molecule has 0 rings (SSSR count). The maximum absolute atomic E-state index is 10.3. The second-order valence-corrected chi connectivity index (χ2v) is 2.76. The minimum Gasteiger partial charge on any atom is -0.462 e. The molecule has 0 aromatic heterocycles. The van der Waals surface area contributed by atoms with Crippen LogP contribution in [0.2, 0.25) is 0 Å². The summed E-state index contributed by atoms with van der Waals surface area (Å²) in [6.45, 7) is 2.81. The first-order valence-electron chi connectivity index (χ1n) is 4.27. The maximum Gasteiger partial charge on any atom is 0.319 e. The van der Waals surface area contributed by atoms with Crippen LogP contribution in [0.5, 0.6) is 0 Å². The highest BCUT2D eigenvalue weighted by atomic mass is 16.5. The van der Waals surface area contributed by atoms with Crippen LogP contribution >= 0.6 is 0 Å². The molecule has 0 amide bonds. The molecular formula is C8H19NO5. The van der Waals surface area contributed by atoms with Crippen LogP contribution in [-0.2, 0) is 9.53 Å². The second kappa shape index (κ2) is 10.4. The van der Waals surface area contributed by atoms with Crippen molar-refractivity contribution < 1.29 is 24.9 Å². The highest BCUT2D eigenvalue weighted by Crippen LogP contribution is 1.85. The van der Waals surface area contributed by atoms with E-state index >= 15 is 0 Å². The highest BCUT2D eigenvalue weighted by molar-refractivity contribution is 5.71. The van der Waals surface area contributed by atoms with Gasteiger partial charge in [0.15, 0.2) is 0 Å². The molecule has 0 aliphatic carbocycles. The smallest absolute Gasteiger partial charge is 0.319 e. The Bertz CT molecular complexity index is 136. The average Bonchev–Trinajstić information content (AvgIpc) is 2.16. The third-order valence-corrected chi connectivity index (χ3v) is 0.955. The number of rotatable bonds is 4. The number of esters is 1. The van der Waals surface area contributed by atoms with Crippen LogP contribution in [0.15, 0.2) is 0 Å². The molecule has 6 nitrogen and oxygen atoms in total. The number of aliphatic hydroxyl groups is 3. The first kappa shape index (κ1) is 15.8. The topological polar surface area (TPSA) is 113 Å². The molecule has 5 N–H and O–H groups in total. The van der Waals surface area contributed by atoms with Gasteiger partial charge in [0.25, 0.3) is 0 Å². The van der Waals surface area contributed by atoms with Crippen molar-refractivity contribution in [2.75, 3.05) is 19.8 Å². The fraction of sp³-hybridized carbons (Fsp3) is 0.875. The summed E-state index contributed by atoms with van der Waals surface area (Å²) >= 11 is 0. The Hall–Kier alpha value is -0.690. The van der Waals surface area contributed by atoms with Gasteiger partial charge in [-0.2, -0.15) is 0 Å². The van der Waals surface area contributed by atoms with Crippen LogP contribution in [-0.4, -0.2) is 53.3 Å². The predicted molar refractivity (Wildman–Crippen MR) is 50.5 cm³/mol. The Morgan fingerprint density at radius 2 is 1.79 bits per heavy atom. The van der Waals surface area contributed by atoms with E-state index in [-0.39, 0.29) is 31.8 Å². The summed E-state index contributed by atoms with van der Waals surface area (Å²) in [4.78, 5) is 10.3. The van der Waals surface area contributed by atoms with Crippen molar-refractivity contribution in [2.24, 2.45) is 5.73 Å². The standard InChI is InChI=1S/C5H11NO2.C3H8O3/c1-4(2)8-5(7)3-6;4-1-3(6)2-5/h4H,3,6H2,1-2H3;3-6H,1-2H2. The summed E-state index contributed by atoms with van der Waals surface area (Å²) in [6, 6.07) is 0. The van der Waals surface area contributed by atoms with Gasteiger partial charge in [0.05, 0.1) is 25.9 Å². The van der Waals surface area contributed by atoms with Gasteiger partial charge in [-0.25, -0.2) is 0 Å². The fourth-order valence-electron chi connectivity index (χ4n) is 0.369. The molecule has 0 aliphatic heterocycles. The van der Waals surface area contributed by atoms with E-state index in [1.165, 1.54) is 0 Å². The van der Waals surface area contributed by atoms with E-state index < -0.39 is 6.10 Å². The molecule has 0 atom stereocenters. The number of nitrogens with two attached hydrogens (primary N) is 1. The molecule has 0 saturated heterocycles. The quantitative estimate of drug-likeness (QED) is 0.407. The predicted octanol–water partition coefficient (Wildman–Crippen LogP) is -1.77. The highest BCUT2D eigenvalue weighted by Gasteiger charge is 1.99. The third kappa shape index (κ3) is 13.9. The summed E-state index contributed by atoms with van der Waals surface area (Å²) < 4.78 is 4.64. The number of hydrogen-bond donors (Lipinski definition) is 4. The van der Waals surface area contributed by atoms with Crippen LogP contribution in [0.25, 0.3) is 0 Å². The minimum atomic E-state index is -0.954. The molecular weight excluding hydrogens is 190 g/mol. The van der Waals surface area contributed by atoms with Crippen LogP contribution in [0.1, 0.15) is 13.8 Å². The van der Waals surface area contributed by atoms with E-state index in [4.69, 9.17) is 21.1 Å². The zero-order valence-electron chi connectivity index (χ0n) is 8.51. The first-order chi connectivity index (χ1) is 6.47. The molecule has 0 fully saturated rings. The molecule has 0 aromatic carbocycles. The Morgan fingerprint density at radius 1 is 1.36 bits per heavy atom. The van der Waals surface area contributed by atoms with Crippen LogP contribution in [0.4, 0.5) is 0 Å². The number of hydrogen-bond acceptors (Lipinski definition) is 6. The van der Waals surface area contributed by atoms with E-state index in [1.54, 1.807) is 13.8 Å². The molecule has 14 heavy (non-hydrogen) atoms. The number of carbonyl (C=O) groups excluding carboxylic acids is 1. The SMILES string of the molecule is CC(C)OC(=O)CN.OCC(O)CO. The zero-order chi connectivity index (χ0) is 11.6. The van der Waals surface area contributed by atoms with Crippen molar-refractivity contribution in [3.8, 4) is 0 Å². The first-order valence-corrected chi connectivity index (χ1v) is 4.27. The third-order valence-electron chi connectivity index (χ3n) is 0.955. The monoisotopic (exact) mass is 209 g/mol. The normalized spacial score (nSPS) is 9.71. The molecule has 0 bridgehead atoms. The molecule has 0 heterocycles. The van der Waals surface area contributed by atoms with Gasteiger partial charge < -0.3 is 25.8 Å². The van der Waals surface area contributed by atoms with Gasteiger partial charge in [0, 0.05) is 0 Å². The largest absolute Gasteiger partial charge is 0.462 e. The Balaban J connectivity index is 0. The average molecular weight is 209 g/mol. The van der Waals surface area contributed by atoms with Gasteiger partial charge in [-0.15, -0.1) is 0 Å². The molecule has 0 saturated carbocycles. The van der Waals surface area contributed by atoms with E-state index in [9.17, 15) is 4.79 Å². The second-order valence-electron chi connectivity index (χ2n) is 2.76. The van der Waals surface area contributed by atoms with Gasteiger partial charge >= 0.3 is 5.97 Å². The molecule has 6 heteroatoms. The lowest BCUT2D eigenvalue weighted by Crippen LogP contribution is -2.20. The Labute approximate surface area is 83.3 Å². The molecule has 0 radical (unpaired) electrons. The van der Waals surface area contributed by atoms with Crippen molar-refractivity contribution >= 4 is 5.97 Å². The maximum atomic E-state index is 10.3. The summed E-state index contributed by atoms with van der Waals surface area (Å²) in [6.07, 6.45) is -1.00. The Morgan fingerprint density at radius 3 is 1.86 bits per heavy atom. The summed E-state index contributed by atoms with van der Waals surface area (Å²) in [5.41, 5.74) is 4.95. The van der Waals surface area contributed by atoms with Gasteiger partial charge in [0.2, 0.25) is 0 Å². The molecule has 0 aromatic rings. The fourth-order valence-corrected chi connectivity index (χ4v) is 0.369. The number of aliphatic hydroxyl groups excluding tert-OH is 3. The van der Waals surface area contributed by atoms with Crippen LogP contribution in [0, 0.1) is 0 Å². The molecule has 86 valence electrons. The lowest BCUT2D eigenvalue weighted by atomic mass is 10.4. The zero-order valence-corrected chi connectivity index (χ0v) is 8.51. The minimum absolute atomic E-state index is 0.0296. The summed E-state index contributed by atoms with van der Waals surface area (Å²) in [7, 11) is 0. The summed E-state index contributed by atoms with van der Waals surface area (Å²) in [5.74, 6) is -0.347. The summed E-state index contributed by atoms with van der Waals surface area (Å²) in [5, 5.41) is 24.0. The van der Waals surface area contributed by atoms with Gasteiger partial charge in [0.1, 0.15) is 6.10 Å². The van der Waals surface area contributed by atoms with Gasteiger partial charge in [-0.3, -0.25) is 4.79 Å². The Kier molecular flexibility index (Phi) is 11.7. The van der Waals surface area contributed by atoms with Crippen molar-refractivity contribution in [1.29, 1.82) is 0 Å². The van der Waals surface area contributed by atoms with E-state index in [1.807, 2.05) is 0 Å². The van der Waals surface area contributed by atoms with Gasteiger partial charge in [-0.05, 0) is 13.8 Å². The number of ether oxygens (including phenoxy) is 1. The van der Waals surface area contributed by atoms with E-state index in [0.29, 0.717) is 0 Å². The van der Waals surface area contributed by atoms with Crippen molar-refractivity contribution in [1.82, 2.24) is 0 Å².